The lowest BCUT2D eigenvalue weighted by molar-refractivity contribution is -0.158. The molecule has 1 rings (SSSR count). The number of hydrogen-bond acceptors (Lipinski definition) is 5. The number of nitrogens with one attached hydrogen (secondary N) is 1. The molecule has 23 heavy (non-hydrogen) atoms. The zero-order chi connectivity index (χ0) is 19.5. The zero-order valence-electron chi connectivity index (χ0n) is 16.1. The maximum absolute atomic E-state index is 12.7. The van der Waals surface area contributed by atoms with E-state index in [1.54, 1.807) is 20.8 Å². The Bertz CT molecular complexity index is 559. The van der Waals surface area contributed by atoms with E-state index < -0.39 is 35.6 Å². The molecule has 7 nitrogen and oxygen atoms in total. The molecule has 1 aliphatic heterocycles. The van der Waals surface area contributed by atoms with Gasteiger partial charge in [0.2, 0.25) is 5.91 Å². The van der Waals surface area contributed by atoms with Gasteiger partial charge in [-0.25, -0.2) is 9.59 Å². The van der Waals surface area contributed by atoms with Gasteiger partial charge in [0.1, 0.15) is 17.6 Å². The minimum Gasteiger partial charge on any atom is -0.467 e. The molecule has 0 unspecified atom stereocenters. The van der Waals surface area contributed by atoms with Crippen molar-refractivity contribution < 1.29 is 26.6 Å². The summed E-state index contributed by atoms with van der Waals surface area (Å²) in [4.78, 5) is 37.9. The fraction of sp³-hybridized carbons (Fsp3) is 0.688. The van der Waals surface area contributed by atoms with Crippen molar-refractivity contribution in [1.82, 2.24) is 10.2 Å². The molecule has 1 N–H and O–H groups in total. The maximum atomic E-state index is 12.7. The Morgan fingerprint density at radius 1 is 1.43 bits per heavy atom. The highest BCUT2D eigenvalue weighted by Crippen LogP contribution is 2.34. The fourth-order valence-corrected chi connectivity index (χ4v) is 2.59. The van der Waals surface area contributed by atoms with Crippen LogP contribution in [0.25, 0.3) is 0 Å². The molecule has 1 saturated heterocycles. The van der Waals surface area contributed by atoms with E-state index in [-0.39, 0.29) is 13.0 Å². The molecule has 0 spiro atoms. The number of carbonyl (C=O) groups excluding carboxylic acids is 3. The molecule has 7 heteroatoms. The number of rotatable bonds is 5. The monoisotopic (exact) mass is 329 g/mol. The average Bonchev–Trinajstić information content (AvgIpc) is 2.87. The van der Waals surface area contributed by atoms with Crippen molar-refractivity contribution in [2.75, 3.05) is 20.2 Å². The molecule has 0 aliphatic carbocycles. The number of nitrogens with zero attached hydrogens (tertiary/aromatic N) is 1. The Kier molecular flexibility index (Phi) is 5.15. The molecule has 1 aliphatic rings. The smallest absolute Gasteiger partial charge is 0.408 e. The van der Waals surface area contributed by atoms with Crippen molar-refractivity contribution in [2.45, 2.75) is 51.2 Å². The van der Waals surface area contributed by atoms with Crippen LogP contribution in [0.15, 0.2) is 12.7 Å². The topological polar surface area (TPSA) is 84.9 Å². The Labute approximate surface area is 139 Å². The molecular formula is C16H26N2O5. The van der Waals surface area contributed by atoms with Gasteiger partial charge in [-0.2, -0.15) is 0 Å². The highest BCUT2D eigenvalue weighted by molar-refractivity contribution is 5.90. The number of likely N-dealkylation sites (tertiary alicyclic amines) is 1. The lowest BCUT2D eigenvalue weighted by Crippen LogP contribution is -2.55. The molecule has 0 aromatic heterocycles. The molecule has 0 aromatic rings. The third-order valence-electron chi connectivity index (χ3n) is 3.45. The van der Waals surface area contributed by atoms with Crippen molar-refractivity contribution in [3.63, 3.8) is 0 Å². The zero-order valence-corrected chi connectivity index (χ0v) is 14.1. The van der Waals surface area contributed by atoms with Crippen LogP contribution >= 0.6 is 0 Å². The van der Waals surface area contributed by atoms with Crippen LogP contribution in [0.2, 0.25) is 0 Å². The summed E-state index contributed by atoms with van der Waals surface area (Å²) in [5.41, 5.74) is -2.15. The van der Waals surface area contributed by atoms with E-state index in [1.165, 1.54) is 13.2 Å². The van der Waals surface area contributed by atoms with Gasteiger partial charge in [-0.15, -0.1) is 6.58 Å². The summed E-state index contributed by atoms with van der Waals surface area (Å²) in [7, 11) is 1.21. The SMILES string of the molecule is [2H]C([2H])([15NH]C(=O)OC(C)(C)C)C(=O)N1CCC[C@@]1(CC=C)C(=O)OC. The predicted molar refractivity (Wildman–Crippen MR) is 84.7 cm³/mol. The quantitative estimate of drug-likeness (QED) is 0.471. The largest absolute Gasteiger partial charge is 0.467 e. The summed E-state index contributed by atoms with van der Waals surface area (Å²) in [6.45, 7) is 5.92. The average molecular weight is 329 g/mol. The highest BCUT2D eigenvalue weighted by atomic mass is 16.6. The summed E-state index contributed by atoms with van der Waals surface area (Å²) in [6, 6.07) is 0. The van der Waals surface area contributed by atoms with E-state index in [2.05, 4.69) is 6.58 Å². The minimum absolute atomic E-state index is 0.133. The fourth-order valence-electron chi connectivity index (χ4n) is 2.59. The van der Waals surface area contributed by atoms with Crippen molar-refractivity contribution in [3.8, 4) is 0 Å². The summed E-state index contributed by atoms with van der Waals surface area (Å²) in [6.07, 6.45) is 1.40. The van der Waals surface area contributed by atoms with Crippen molar-refractivity contribution in [1.29, 1.82) is 0 Å². The number of ether oxygens (including phenoxy) is 2. The van der Waals surface area contributed by atoms with Gasteiger partial charge in [-0.05, 0) is 40.0 Å². The summed E-state index contributed by atoms with van der Waals surface area (Å²) >= 11 is 0. The van der Waals surface area contributed by atoms with Gasteiger partial charge in [0.15, 0.2) is 0 Å². The number of amides is 2. The third-order valence-corrected chi connectivity index (χ3v) is 3.45. The molecule has 1 fully saturated rings. The van der Waals surface area contributed by atoms with E-state index in [1.807, 2.05) is 5.32 Å². The molecule has 1 atom stereocenters. The van der Waals surface area contributed by atoms with Crippen LogP contribution in [0, 0.1) is 0 Å². The van der Waals surface area contributed by atoms with E-state index in [0.717, 1.165) is 4.90 Å². The van der Waals surface area contributed by atoms with Crippen LogP contribution in [0.3, 0.4) is 0 Å². The third kappa shape index (κ3) is 4.71. The Balaban J connectivity index is 3.03. The second kappa shape index (κ2) is 7.48. The first kappa shape index (κ1) is 15.8. The molecule has 2 amide bonds. The second-order valence-electron chi connectivity index (χ2n) is 6.33. The summed E-state index contributed by atoms with van der Waals surface area (Å²) in [5.74, 6) is -1.66. The first-order chi connectivity index (χ1) is 11.4. The lowest BCUT2D eigenvalue weighted by atomic mass is 9.92. The van der Waals surface area contributed by atoms with Crippen LogP contribution in [0.1, 0.15) is 42.8 Å². The summed E-state index contributed by atoms with van der Waals surface area (Å²) < 4.78 is 25.7. The van der Waals surface area contributed by atoms with Gasteiger partial charge in [0.25, 0.3) is 0 Å². The van der Waals surface area contributed by atoms with Gasteiger partial charge in [-0.3, -0.25) is 4.79 Å². The molecule has 0 saturated carbocycles. The van der Waals surface area contributed by atoms with Gasteiger partial charge in [-0.1, -0.05) is 6.08 Å². The van der Waals surface area contributed by atoms with Crippen molar-refractivity contribution >= 4 is 18.0 Å². The highest BCUT2D eigenvalue weighted by Gasteiger charge is 2.49. The predicted octanol–water partition coefficient (Wildman–Crippen LogP) is 1.62. The van der Waals surface area contributed by atoms with Crippen molar-refractivity contribution in [3.05, 3.63) is 12.7 Å². The standard InChI is InChI=1S/C16H26N2O5/c1-6-8-16(13(20)22-5)9-7-10-18(16)12(19)11-17-14(21)23-15(2,3)4/h6H,1,7-11H2,2-5H3,(H,17,21)/t16-/m0/s1/i11D2,17+1. The van der Waals surface area contributed by atoms with E-state index in [4.69, 9.17) is 12.2 Å². The van der Waals surface area contributed by atoms with Crippen LogP contribution in [-0.2, 0) is 19.1 Å². The molecule has 0 radical (unpaired) electrons. The molecular weight excluding hydrogens is 301 g/mol. The number of alkyl carbamates (subject to hydrolysis) is 1. The molecule has 130 valence electrons. The maximum Gasteiger partial charge on any atom is 0.408 e. The molecule has 1 heterocycles. The number of esters is 1. The van der Waals surface area contributed by atoms with Crippen LogP contribution in [0.4, 0.5) is 4.79 Å². The first-order valence-electron chi connectivity index (χ1n) is 8.42. The van der Waals surface area contributed by atoms with Crippen LogP contribution in [-0.4, -0.2) is 54.2 Å². The van der Waals surface area contributed by atoms with Crippen molar-refractivity contribution in [2.24, 2.45) is 0 Å². The van der Waals surface area contributed by atoms with Crippen LogP contribution in [0.5, 0.6) is 0 Å². The minimum atomic E-state index is -2.73. The van der Waals surface area contributed by atoms with E-state index in [9.17, 15) is 14.4 Å². The Hall–Kier alpha value is -2.05. The first-order valence-corrected chi connectivity index (χ1v) is 7.42. The van der Waals surface area contributed by atoms with Crippen LogP contribution < -0.4 is 5.32 Å². The number of methoxy groups -OCH3 is 1. The molecule has 0 bridgehead atoms. The summed E-state index contributed by atoms with van der Waals surface area (Å²) in [5, 5.41) is 1.93. The van der Waals surface area contributed by atoms with Gasteiger partial charge >= 0.3 is 12.1 Å². The van der Waals surface area contributed by atoms with E-state index in [0.29, 0.717) is 12.8 Å². The van der Waals surface area contributed by atoms with E-state index >= 15 is 0 Å². The van der Waals surface area contributed by atoms with Gasteiger partial charge in [0.05, 0.1) is 9.85 Å². The lowest BCUT2D eigenvalue weighted by Gasteiger charge is -2.35. The Morgan fingerprint density at radius 3 is 2.61 bits per heavy atom. The normalized spacial score (nSPS) is 22.7. The molecule has 0 aromatic carbocycles. The number of hydrogen-bond donors (Lipinski definition) is 1. The number of carbonyl (C=O) groups is 3. The Morgan fingerprint density at radius 2 is 2.09 bits per heavy atom. The van der Waals surface area contributed by atoms with Gasteiger partial charge < -0.3 is 19.7 Å². The second-order valence-corrected chi connectivity index (χ2v) is 6.33. The van der Waals surface area contributed by atoms with Gasteiger partial charge in [0, 0.05) is 6.54 Å².